The second-order valence-corrected chi connectivity index (χ2v) is 4.51. The summed E-state index contributed by atoms with van der Waals surface area (Å²) >= 11 is 0. The van der Waals surface area contributed by atoms with Crippen molar-refractivity contribution < 1.29 is 24.5 Å². The molecule has 17 heavy (non-hydrogen) atoms. The molecule has 3 atom stereocenters. The Morgan fingerprint density at radius 3 is 2.76 bits per heavy atom. The largest absolute Gasteiger partial charge is 0.480 e. The molecule has 2 fully saturated rings. The number of likely N-dealkylation sites (tertiary alicyclic amines) is 1. The minimum atomic E-state index is -1.21. The number of carboxylic acids is 1. The highest BCUT2D eigenvalue weighted by atomic mass is 16.5. The van der Waals surface area contributed by atoms with Gasteiger partial charge in [-0.1, -0.05) is 6.08 Å². The highest BCUT2D eigenvalue weighted by Crippen LogP contribution is 2.49. The maximum Gasteiger partial charge on any atom is 0.408 e. The van der Waals surface area contributed by atoms with E-state index in [0.29, 0.717) is 19.4 Å². The summed E-state index contributed by atoms with van der Waals surface area (Å²) < 4.78 is 5.48. The molecule has 0 spiro atoms. The third-order valence-electron chi connectivity index (χ3n) is 3.75. The van der Waals surface area contributed by atoms with E-state index in [1.54, 1.807) is 6.08 Å². The Hall–Kier alpha value is -1.56. The van der Waals surface area contributed by atoms with E-state index in [4.69, 9.17) is 9.84 Å². The second-order valence-electron chi connectivity index (χ2n) is 4.51. The first-order valence-electron chi connectivity index (χ1n) is 5.48. The Labute approximate surface area is 98.5 Å². The zero-order valence-corrected chi connectivity index (χ0v) is 9.33. The van der Waals surface area contributed by atoms with Crippen molar-refractivity contribution in [2.24, 2.45) is 5.41 Å². The first-order valence-corrected chi connectivity index (χ1v) is 5.48. The molecule has 2 rings (SSSR count). The van der Waals surface area contributed by atoms with E-state index < -0.39 is 23.5 Å². The van der Waals surface area contributed by atoms with Crippen LogP contribution in [0.15, 0.2) is 12.7 Å². The van der Waals surface area contributed by atoms with Crippen LogP contribution in [0.25, 0.3) is 0 Å². The zero-order chi connectivity index (χ0) is 12.6. The molecule has 2 aliphatic heterocycles. The van der Waals surface area contributed by atoms with E-state index in [1.807, 2.05) is 0 Å². The van der Waals surface area contributed by atoms with Crippen LogP contribution >= 0.6 is 0 Å². The van der Waals surface area contributed by atoms with E-state index in [9.17, 15) is 14.7 Å². The van der Waals surface area contributed by atoms with E-state index >= 15 is 0 Å². The van der Waals surface area contributed by atoms with E-state index in [2.05, 4.69) is 6.58 Å². The van der Waals surface area contributed by atoms with Crippen LogP contribution in [0.5, 0.6) is 0 Å². The van der Waals surface area contributed by atoms with Gasteiger partial charge in [-0.05, 0) is 12.8 Å². The Kier molecular flexibility index (Phi) is 2.82. The van der Waals surface area contributed by atoms with E-state index in [-0.39, 0.29) is 12.6 Å². The first-order chi connectivity index (χ1) is 8.03. The van der Waals surface area contributed by atoms with Crippen molar-refractivity contribution in [2.75, 3.05) is 13.2 Å². The van der Waals surface area contributed by atoms with Gasteiger partial charge in [0.25, 0.3) is 0 Å². The summed E-state index contributed by atoms with van der Waals surface area (Å²) in [6.45, 7) is 4.24. The number of nitrogens with zero attached hydrogens (tertiary/aromatic N) is 1. The van der Waals surface area contributed by atoms with E-state index in [0.717, 1.165) is 4.90 Å². The van der Waals surface area contributed by atoms with Crippen LogP contribution in [0.4, 0.5) is 4.79 Å². The summed E-state index contributed by atoms with van der Waals surface area (Å²) in [6, 6.07) is -1.04. The second kappa shape index (κ2) is 4.03. The van der Waals surface area contributed by atoms with Crippen molar-refractivity contribution in [3.05, 3.63) is 12.7 Å². The fraction of sp³-hybridized carbons (Fsp3) is 0.636. The van der Waals surface area contributed by atoms with Gasteiger partial charge in [-0.3, -0.25) is 4.90 Å². The minimum Gasteiger partial charge on any atom is -0.480 e. The number of allylic oxidation sites excluding steroid dienone is 1. The van der Waals surface area contributed by atoms with Gasteiger partial charge in [-0.15, -0.1) is 6.58 Å². The molecule has 0 saturated carbocycles. The molecule has 0 radical (unpaired) electrons. The maximum atomic E-state index is 11.3. The lowest BCUT2D eigenvalue weighted by Gasteiger charge is -2.31. The molecule has 0 aromatic heterocycles. The molecule has 2 aliphatic rings. The molecule has 6 nitrogen and oxygen atoms in total. The molecule has 0 unspecified atom stereocenters. The Morgan fingerprint density at radius 1 is 1.53 bits per heavy atom. The van der Waals surface area contributed by atoms with Crippen molar-refractivity contribution in [2.45, 2.75) is 25.0 Å². The number of amides is 1. The summed E-state index contributed by atoms with van der Waals surface area (Å²) in [4.78, 5) is 23.4. The number of rotatable bonds is 3. The number of ether oxygens (including phenoxy) is 1. The monoisotopic (exact) mass is 241 g/mol. The number of carbonyl (C=O) groups is 2. The van der Waals surface area contributed by atoms with Crippen LogP contribution in [-0.4, -0.2) is 52.5 Å². The van der Waals surface area contributed by atoms with Gasteiger partial charge in [-0.2, -0.15) is 0 Å². The highest BCUT2D eigenvalue weighted by Gasteiger charge is 2.61. The highest BCUT2D eigenvalue weighted by molar-refractivity contribution is 5.81. The molecule has 2 N–H and O–H groups in total. The van der Waals surface area contributed by atoms with Crippen LogP contribution in [0.1, 0.15) is 12.8 Å². The maximum absolute atomic E-state index is 11.3. The Bertz CT molecular complexity index is 369. The third kappa shape index (κ3) is 1.59. The summed E-state index contributed by atoms with van der Waals surface area (Å²) in [7, 11) is 0. The molecule has 94 valence electrons. The van der Waals surface area contributed by atoms with Gasteiger partial charge in [0.1, 0.15) is 6.04 Å². The number of hydrogen-bond acceptors (Lipinski definition) is 3. The predicted molar refractivity (Wildman–Crippen MR) is 57.8 cm³/mol. The molecule has 0 aromatic carbocycles. The lowest BCUT2D eigenvalue weighted by molar-refractivity contribution is -0.145. The van der Waals surface area contributed by atoms with Gasteiger partial charge in [0.2, 0.25) is 0 Å². The zero-order valence-electron chi connectivity index (χ0n) is 9.33. The molecule has 1 amide bonds. The number of aliphatic carboxylic acids is 1. The SMILES string of the molecule is C=CC[C@]12CCO[C@H]1CN(C(=O)O)[C@@H]2C(=O)O. The molecular formula is C11H15NO5. The van der Waals surface area contributed by atoms with Crippen LogP contribution < -0.4 is 0 Å². The van der Waals surface area contributed by atoms with Gasteiger partial charge in [-0.25, -0.2) is 9.59 Å². The van der Waals surface area contributed by atoms with Gasteiger partial charge in [0, 0.05) is 12.0 Å². The van der Waals surface area contributed by atoms with Crippen molar-refractivity contribution in [1.29, 1.82) is 0 Å². The number of fused-ring (bicyclic) bond motifs is 1. The molecule has 0 aliphatic carbocycles. The smallest absolute Gasteiger partial charge is 0.408 e. The van der Waals surface area contributed by atoms with Crippen LogP contribution in [0.2, 0.25) is 0 Å². The summed E-state index contributed by atoms with van der Waals surface area (Å²) in [5.74, 6) is -1.11. The molecule has 6 heteroatoms. The normalized spacial score (nSPS) is 35.6. The quantitative estimate of drug-likeness (QED) is 0.713. The van der Waals surface area contributed by atoms with Crippen molar-refractivity contribution in [3.8, 4) is 0 Å². The molecule has 2 saturated heterocycles. The standard InChI is InChI=1S/C11H15NO5/c1-2-3-11-4-5-17-7(11)6-12(10(15)16)8(11)9(13)14/h2,7-8H,1,3-6H2,(H,13,14)(H,15,16)/t7-,8+,11-/m0/s1. The van der Waals surface area contributed by atoms with Gasteiger partial charge in [0.15, 0.2) is 0 Å². The molecule has 0 aromatic rings. The third-order valence-corrected chi connectivity index (χ3v) is 3.75. The number of carboxylic acid groups (broad SMARTS) is 2. The predicted octanol–water partition coefficient (Wildman–Crippen LogP) is 0.785. The van der Waals surface area contributed by atoms with Crippen molar-refractivity contribution in [3.63, 3.8) is 0 Å². The average Bonchev–Trinajstić information content (AvgIpc) is 2.71. The van der Waals surface area contributed by atoms with E-state index in [1.165, 1.54) is 0 Å². The summed E-state index contributed by atoms with van der Waals surface area (Å²) in [6.07, 6.45) is 1.11. The fourth-order valence-corrected chi connectivity index (χ4v) is 3.04. The average molecular weight is 241 g/mol. The van der Waals surface area contributed by atoms with Crippen molar-refractivity contribution in [1.82, 2.24) is 4.90 Å². The van der Waals surface area contributed by atoms with Crippen LogP contribution in [0.3, 0.4) is 0 Å². The van der Waals surface area contributed by atoms with Gasteiger partial charge in [0.05, 0.1) is 12.6 Å². The lowest BCUT2D eigenvalue weighted by Crippen LogP contribution is -2.48. The lowest BCUT2D eigenvalue weighted by atomic mass is 9.74. The Balaban J connectivity index is 2.39. The van der Waals surface area contributed by atoms with Crippen LogP contribution in [0, 0.1) is 5.41 Å². The van der Waals surface area contributed by atoms with Gasteiger partial charge >= 0.3 is 12.1 Å². The minimum absolute atomic E-state index is 0.125. The topological polar surface area (TPSA) is 87.1 Å². The van der Waals surface area contributed by atoms with Gasteiger partial charge < -0.3 is 14.9 Å². The number of hydrogen-bond donors (Lipinski definition) is 2. The molecule has 0 bridgehead atoms. The molecular weight excluding hydrogens is 226 g/mol. The van der Waals surface area contributed by atoms with Crippen molar-refractivity contribution >= 4 is 12.1 Å². The summed E-state index contributed by atoms with van der Waals surface area (Å²) in [5, 5.41) is 18.3. The fourth-order valence-electron chi connectivity index (χ4n) is 3.04. The van der Waals surface area contributed by atoms with Crippen LogP contribution in [-0.2, 0) is 9.53 Å². The Morgan fingerprint density at radius 2 is 2.24 bits per heavy atom. The summed E-state index contributed by atoms with van der Waals surface area (Å²) in [5.41, 5.74) is -0.647. The first kappa shape index (κ1) is 11.9. The molecule has 2 heterocycles.